The highest BCUT2D eigenvalue weighted by molar-refractivity contribution is 5.95. The lowest BCUT2D eigenvalue weighted by Gasteiger charge is -2.30. The number of rotatable bonds is 8. The Kier molecular flexibility index (Phi) is 8.82. The third kappa shape index (κ3) is 6.39. The van der Waals surface area contributed by atoms with E-state index in [4.69, 9.17) is 0 Å². The molecule has 0 saturated carbocycles. The van der Waals surface area contributed by atoms with Crippen LogP contribution in [0.25, 0.3) is 56.2 Å². The summed E-state index contributed by atoms with van der Waals surface area (Å²) < 4.78 is 0. The molecule has 8 aromatic rings. The zero-order valence-electron chi connectivity index (χ0n) is 29.6. The first kappa shape index (κ1) is 32.2. The van der Waals surface area contributed by atoms with Crippen LogP contribution in [-0.4, -0.2) is 0 Å². The maximum Gasteiger partial charge on any atom is 0.0540 e. The van der Waals surface area contributed by atoms with Crippen LogP contribution >= 0.6 is 0 Å². The topological polar surface area (TPSA) is 3.24 Å². The third-order valence-electron chi connectivity index (χ3n) is 10.4. The monoisotopic (exact) mass is 677 g/mol. The van der Waals surface area contributed by atoms with Gasteiger partial charge < -0.3 is 4.90 Å². The van der Waals surface area contributed by atoms with Crippen molar-refractivity contribution in [3.05, 3.63) is 222 Å². The molecule has 0 radical (unpaired) electrons. The largest absolute Gasteiger partial charge is 0.309 e. The van der Waals surface area contributed by atoms with Crippen molar-refractivity contribution in [1.29, 1.82) is 0 Å². The van der Waals surface area contributed by atoms with Gasteiger partial charge in [0.1, 0.15) is 0 Å². The van der Waals surface area contributed by atoms with E-state index in [2.05, 4.69) is 217 Å². The molecule has 53 heavy (non-hydrogen) atoms. The molecule has 0 bridgehead atoms. The molecule has 1 aliphatic carbocycles. The van der Waals surface area contributed by atoms with Crippen LogP contribution in [0, 0.1) is 0 Å². The third-order valence-corrected chi connectivity index (χ3v) is 10.4. The van der Waals surface area contributed by atoms with Crippen molar-refractivity contribution in [2.24, 2.45) is 0 Å². The minimum atomic E-state index is 1.04. The Morgan fingerprint density at radius 1 is 0.340 bits per heavy atom. The fraction of sp³-hybridized carbons (Fsp3) is 0.0385. The normalized spacial score (nSPS) is 12.1. The standard InChI is InChI=1S/C52H39N/c1-3-18-38(19-4-1)45-29-9-10-30-47(45)43-26-16-27-44(37-43)53(51-34-13-11-31-49(51)40-20-5-2-6-21-40)52-35-14-12-32-50(52)42-25-15-24-41(36-42)48-33-17-23-39-22-7-8-28-46(39)48/h1-16,18-32,34-37H,17,33H2. The van der Waals surface area contributed by atoms with Crippen molar-refractivity contribution < 1.29 is 0 Å². The van der Waals surface area contributed by atoms with Crippen LogP contribution in [0.2, 0.25) is 0 Å². The van der Waals surface area contributed by atoms with Crippen LogP contribution in [-0.2, 0) is 0 Å². The molecule has 0 N–H and O–H groups in total. The Morgan fingerprint density at radius 3 is 1.51 bits per heavy atom. The molecule has 0 fully saturated rings. The number of nitrogens with zero attached hydrogens (tertiary/aromatic N) is 1. The molecule has 1 heteroatoms. The number of anilines is 3. The zero-order valence-corrected chi connectivity index (χ0v) is 29.6. The van der Waals surface area contributed by atoms with Gasteiger partial charge in [0, 0.05) is 16.8 Å². The fourth-order valence-corrected chi connectivity index (χ4v) is 7.90. The van der Waals surface area contributed by atoms with Gasteiger partial charge in [-0.05, 0) is 98.1 Å². The van der Waals surface area contributed by atoms with Gasteiger partial charge in [-0.15, -0.1) is 0 Å². The number of para-hydroxylation sites is 2. The minimum Gasteiger partial charge on any atom is -0.309 e. The Bertz CT molecular complexity index is 2670. The molecule has 252 valence electrons. The minimum absolute atomic E-state index is 1.04. The van der Waals surface area contributed by atoms with Crippen LogP contribution in [0.4, 0.5) is 17.1 Å². The van der Waals surface area contributed by atoms with Gasteiger partial charge in [0.15, 0.2) is 0 Å². The molecular formula is C52H39N. The van der Waals surface area contributed by atoms with Gasteiger partial charge in [-0.3, -0.25) is 0 Å². The van der Waals surface area contributed by atoms with Gasteiger partial charge in [0.05, 0.1) is 11.4 Å². The summed E-state index contributed by atoms with van der Waals surface area (Å²) in [5.41, 5.74) is 15.6. The summed E-state index contributed by atoms with van der Waals surface area (Å²) in [5, 5.41) is 2.67. The molecule has 0 aliphatic heterocycles. The molecular weight excluding hydrogens is 639 g/mol. The van der Waals surface area contributed by atoms with E-state index in [0.29, 0.717) is 0 Å². The van der Waals surface area contributed by atoms with Crippen LogP contribution in [0.5, 0.6) is 0 Å². The maximum absolute atomic E-state index is 2.46. The highest BCUT2D eigenvalue weighted by Gasteiger charge is 2.21. The lowest BCUT2D eigenvalue weighted by atomic mass is 9.91. The molecule has 0 amide bonds. The Labute approximate surface area is 312 Å². The maximum atomic E-state index is 2.46. The van der Waals surface area contributed by atoms with Gasteiger partial charge in [0.25, 0.3) is 0 Å². The van der Waals surface area contributed by atoms with Crippen molar-refractivity contribution in [3.63, 3.8) is 0 Å². The second-order valence-corrected chi connectivity index (χ2v) is 13.6. The van der Waals surface area contributed by atoms with E-state index in [0.717, 1.165) is 29.9 Å². The predicted molar refractivity (Wildman–Crippen MR) is 225 cm³/mol. The number of hydrogen-bond donors (Lipinski definition) is 0. The summed E-state index contributed by atoms with van der Waals surface area (Å²) in [7, 11) is 0. The van der Waals surface area contributed by atoms with E-state index in [1.165, 1.54) is 66.1 Å². The first-order valence-electron chi connectivity index (χ1n) is 18.5. The summed E-state index contributed by atoms with van der Waals surface area (Å²) in [5.74, 6) is 0. The molecule has 1 nitrogen and oxygen atoms in total. The highest BCUT2D eigenvalue weighted by atomic mass is 15.1. The molecule has 9 rings (SSSR count). The Hall–Kier alpha value is -6.70. The summed E-state index contributed by atoms with van der Waals surface area (Å²) in [6.45, 7) is 0. The van der Waals surface area contributed by atoms with Gasteiger partial charge in [-0.1, -0.05) is 182 Å². The van der Waals surface area contributed by atoms with Crippen molar-refractivity contribution in [1.82, 2.24) is 0 Å². The number of benzene rings is 8. The first-order chi connectivity index (χ1) is 26.3. The lowest BCUT2D eigenvalue weighted by Crippen LogP contribution is -2.29. The molecule has 0 heterocycles. The number of fused-ring (bicyclic) bond motifs is 1. The summed E-state index contributed by atoms with van der Waals surface area (Å²) in [4.78, 5) is 2.46. The molecule has 0 aromatic heterocycles. The van der Waals surface area contributed by atoms with Gasteiger partial charge in [-0.2, -0.15) is 0 Å². The summed E-state index contributed by atoms with van der Waals surface area (Å²) in [6.07, 6.45) is 4.46. The van der Waals surface area contributed by atoms with Crippen LogP contribution in [0.1, 0.15) is 18.4 Å². The van der Waals surface area contributed by atoms with E-state index < -0.39 is 0 Å². The van der Waals surface area contributed by atoms with Crippen molar-refractivity contribution >= 4 is 28.7 Å². The predicted octanol–water partition coefficient (Wildman–Crippen LogP) is 12.6. The average Bonchev–Trinajstić information content (AvgIpc) is 3.25. The van der Waals surface area contributed by atoms with E-state index in [-0.39, 0.29) is 0 Å². The lowest BCUT2D eigenvalue weighted by molar-refractivity contribution is 1.08. The SMILES string of the molecule is C1=c2ccccc2=C(c2cccc(-c3ccccc3N(c3cccc(-c4ccccc4-c4ccccc4)c3)c3ccccc3-c3ccccc3)c2)CC1. The molecule has 8 aromatic carbocycles. The van der Waals surface area contributed by atoms with E-state index in [9.17, 15) is 0 Å². The van der Waals surface area contributed by atoms with Gasteiger partial charge in [-0.25, -0.2) is 0 Å². The fourth-order valence-electron chi connectivity index (χ4n) is 7.90. The zero-order chi connectivity index (χ0) is 35.4. The molecule has 0 saturated heterocycles. The van der Waals surface area contributed by atoms with Crippen molar-refractivity contribution in [2.75, 3.05) is 4.90 Å². The quantitative estimate of drug-likeness (QED) is 0.155. The molecule has 0 unspecified atom stereocenters. The van der Waals surface area contributed by atoms with Crippen LogP contribution in [0.3, 0.4) is 0 Å². The van der Waals surface area contributed by atoms with Crippen molar-refractivity contribution in [2.45, 2.75) is 12.8 Å². The van der Waals surface area contributed by atoms with Gasteiger partial charge >= 0.3 is 0 Å². The summed E-state index contributed by atoms with van der Waals surface area (Å²) >= 11 is 0. The molecule has 1 aliphatic rings. The number of hydrogen-bond acceptors (Lipinski definition) is 1. The Balaban J connectivity index is 1.25. The Morgan fingerprint density at radius 2 is 0.811 bits per heavy atom. The second-order valence-electron chi connectivity index (χ2n) is 13.6. The summed E-state index contributed by atoms with van der Waals surface area (Å²) in [6, 6.07) is 74.8. The van der Waals surface area contributed by atoms with E-state index >= 15 is 0 Å². The van der Waals surface area contributed by atoms with Crippen LogP contribution in [0.15, 0.2) is 206 Å². The highest BCUT2D eigenvalue weighted by Crippen LogP contribution is 2.46. The smallest absolute Gasteiger partial charge is 0.0540 e. The average molecular weight is 678 g/mol. The van der Waals surface area contributed by atoms with Crippen LogP contribution < -0.4 is 15.3 Å². The first-order valence-corrected chi connectivity index (χ1v) is 18.5. The van der Waals surface area contributed by atoms with E-state index in [1.54, 1.807) is 0 Å². The second kappa shape index (κ2) is 14.5. The van der Waals surface area contributed by atoms with Crippen molar-refractivity contribution in [3.8, 4) is 44.5 Å². The van der Waals surface area contributed by atoms with E-state index in [1.807, 2.05) is 0 Å². The van der Waals surface area contributed by atoms with Gasteiger partial charge in [0.2, 0.25) is 0 Å². The molecule has 0 atom stereocenters. The molecule has 0 spiro atoms.